The Hall–Kier alpha value is -0.280. The zero-order chi connectivity index (χ0) is 10.1. The van der Waals surface area contributed by atoms with Crippen molar-refractivity contribution < 1.29 is 4.79 Å². The maximum Gasteiger partial charge on any atom is 0.224 e. The normalized spacial score (nSPS) is 39.1. The lowest BCUT2D eigenvalue weighted by Crippen LogP contribution is -2.41. The highest BCUT2D eigenvalue weighted by Gasteiger charge is 2.34. The molecule has 0 aromatic heterocycles. The molecule has 1 aliphatic carbocycles. The summed E-state index contributed by atoms with van der Waals surface area (Å²) in [5, 5.41) is 0.0260. The van der Waals surface area contributed by atoms with Gasteiger partial charge in [-0.15, -0.1) is 11.6 Å². The van der Waals surface area contributed by atoms with E-state index in [2.05, 4.69) is 0 Å². The van der Waals surface area contributed by atoms with E-state index in [1.165, 1.54) is 0 Å². The molecule has 0 spiro atoms. The van der Waals surface area contributed by atoms with Gasteiger partial charge < -0.3 is 10.6 Å². The van der Waals surface area contributed by atoms with Crippen molar-refractivity contribution in [1.82, 2.24) is 4.90 Å². The number of likely N-dealkylation sites (tertiary alicyclic amines) is 1. The Bertz CT molecular complexity index is 226. The van der Waals surface area contributed by atoms with Gasteiger partial charge in [0.2, 0.25) is 5.91 Å². The van der Waals surface area contributed by atoms with Crippen molar-refractivity contribution in [3.8, 4) is 0 Å². The van der Waals surface area contributed by atoms with Crippen LogP contribution in [-0.2, 0) is 4.79 Å². The molecule has 4 heteroatoms. The number of alkyl halides is 1. The molecule has 2 fully saturated rings. The van der Waals surface area contributed by atoms with Crippen LogP contribution in [0.25, 0.3) is 0 Å². The summed E-state index contributed by atoms with van der Waals surface area (Å²) in [6.07, 6.45) is 4.71. The summed E-state index contributed by atoms with van der Waals surface area (Å²) in [4.78, 5) is 13.5. The Balaban J connectivity index is 1.92. The minimum Gasteiger partial charge on any atom is -0.338 e. The largest absolute Gasteiger partial charge is 0.338 e. The van der Waals surface area contributed by atoms with Crippen LogP contribution in [0.4, 0.5) is 0 Å². The van der Waals surface area contributed by atoms with Crippen LogP contribution in [0.15, 0.2) is 0 Å². The van der Waals surface area contributed by atoms with E-state index in [1.807, 2.05) is 4.90 Å². The molecule has 3 nitrogen and oxygen atoms in total. The number of hydrogen-bond acceptors (Lipinski definition) is 2. The van der Waals surface area contributed by atoms with Gasteiger partial charge in [-0.05, 0) is 25.7 Å². The average Bonchev–Trinajstić information content (AvgIpc) is 2.47. The van der Waals surface area contributed by atoms with E-state index in [0.717, 1.165) is 32.2 Å². The number of nitrogens with two attached hydrogens (primary N) is 1. The first kappa shape index (κ1) is 10.2. The van der Waals surface area contributed by atoms with Gasteiger partial charge in [-0.1, -0.05) is 0 Å². The maximum atomic E-state index is 11.6. The highest BCUT2D eigenvalue weighted by molar-refractivity contribution is 6.22. The van der Waals surface area contributed by atoms with Crippen molar-refractivity contribution in [2.75, 3.05) is 6.54 Å². The van der Waals surface area contributed by atoms with E-state index < -0.39 is 0 Å². The number of amides is 1. The summed E-state index contributed by atoms with van der Waals surface area (Å²) in [5.41, 5.74) is 5.83. The van der Waals surface area contributed by atoms with Crippen LogP contribution >= 0.6 is 11.6 Å². The molecule has 80 valence electrons. The van der Waals surface area contributed by atoms with Crippen LogP contribution in [0.2, 0.25) is 0 Å². The van der Waals surface area contributed by atoms with Crippen LogP contribution in [-0.4, -0.2) is 34.8 Å². The predicted molar refractivity (Wildman–Crippen MR) is 56.2 cm³/mol. The van der Waals surface area contributed by atoms with E-state index in [1.54, 1.807) is 0 Å². The van der Waals surface area contributed by atoms with E-state index >= 15 is 0 Å². The first-order chi connectivity index (χ1) is 6.66. The molecule has 2 aliphatic rings. The fraction of sp³-hybridized carbons (Fsp3) is 0.900. The van der Waals surface area contributed by atoms with Crippen molar-refractivity contribution in [3.05, 3.63) is 0 Å². The quantitative estimate of drug-likeness (QED) is 0.668. The summed E-state index contributed by atoms with van der Waals surface area (Å²) in [6.45, 7) is 0.736. The predicted octanol–water partition coefficient (Wildman–Crippen LogP) is 1.10. The molecule has 1 unspecified atom stereocenters. The number of rotatable bonds is 1. The Labute approximate surface area is 89.6 Å². The lowest BCUT2D eigenvalue weighted by atomic mass is 9.91. The lowest BCUT2D eigenvalue weighted by Gasteiger charge is -2.33. The molecule has 1 aliphatic heterocycles. The molecule has 1 amide bonds. The van der Waals surface area contributed by atoms with Gasteiger partial charge in [-0.2, -0.15) is 0 Å². The molecule has 1 saturated carbocycles. The topological polar surface area (TPSA) is 46.3 Å². The van der Waals surface area contributed by atoms with Gasteiger partial charge in [-0.25, -0.2) is 0 Å². The molecular weight excluding hydrogens is 200 g/mol. The van der Waals surface area contributed by atoms with Crippen molar-refractivity contribution in [2.45, 2.75) is 49.6 Å². The molecule has 0 aromatic rings. The minimum atomic E-state index is 0.0260. The molecule has 1 heterocycles. The van der Waals surface area contributed by atoms with Gasteiger partial charge in [-0.3, -0.25) is 4.79 Å². The summed E-state index contributed by atoms with van der Waals surface area (Å²) in [7, 11) is 0. The van der Waals surface area contributed by atoms with Crippen molar-refractivity contribution in [2.24, 2.45) is 5.73 Å². The Morgan fingerprint density at radius 1 is 1.29 bits per heavy atom. The fourth-order valence-corrected chi connectivity index (χ4v) is 2.73. The molecule has 0 aromatic carbocycles. The van der Waals surface area contributed by atoms with Gasteiger partial charge in [0.05, 0.1) is 5.38 Å². The van der Waals surface area contributed by atoms with Crippen LogP contribution in [0.3, 0.4) is 0 Å². The molecule has 1 saturated heterocycles. The van der Waals surface area contributed by atoms with Crippen molar-refractivity contribution in [1.29, 1.82) is 0 Å². The summed E-state index contributed by atoms with van der Waals surface area (Å²) in [6, 6.07) is 0.752. The number of nitrogens with zero attached hydrogens (tertiary/aromatic N) is 1. The zero-order valence-electron chi connectivity index (χ0n) is 8.29. The maximum absolute atomic E-state index is 11.6. The number of carbonyl (C=O) groups excluding carboxylic acids is 1. The monoisotopic (exact) mass is 216 g/mol. The third-order valence-corrected chi connectivity index (χ3v) is 3.59. The summed E-state index contributed by atoms with van der Waals surface area (Å²) < 4.78 is 0. The van der Waals surface area contributed by atoms with Gasteiger partial charge in [0.25, 0.3) is 0 Å². The first-order valence-electron chi connectivity index (χ1n) is 5.36. The molecule has 0 bridgehead atoms. The van der Waals surface area contributed by atoms with Crippen molar-refractivity contribution >= 4 is 17.5 Å². The second-order valence-corrected chi connectivity index (χ2v) is 5.03. The number of halogens is 1. The van der Waals surface area contributed by atoms with Gasteiger partial charge >= 0.3 is 0 Å². The van der Waals surface area contributed by atoms with Crippen LogP contribution in [0.1, 0.15) is 32.1 Å². The average molecular weight is 217 g/mol. The highest BCUT2D eigenvalue weighted by atomic mass is 35.5. The van der Waals surface area contributed by atoms with Gasteiger partial charge in [0, 0.05) is 25.0 Å². The third-order valence-electron chi connectivity index (χ3n) is 3.29. The second kappa shape index (κ2) is 4.07. The zero-order valence-corrected chi connectivity index (χ0v) is 9.04. The fourth-order valence-electron chi connectivity index (χ4n) is 2.45. The van der Waals surface area contributed by atoms with E-state index in [4.69, 9.17) is 17.3 Å². The number of carbonyl (C=O) groups is 1. The van der Waals surface area contributed by atoms with Crippen molar-refractivity contribution in [3.63, 3.8) is 0 Å². The van der Waals surface area contributed by atoms with Crippen LogP contribution in [0, 0.1) is 0 Å². The Morgan fingerprint density at radius 2 is 1.93 bits per heavy atom. The first-order valence-corrected chi connectivity index (χ1v) is 5.79. The molecular formula is C10H17ClN2O. The van der Waals surface area contributed by atoms with Crippen LogP contribution in [0.5, 0.6) is 0 Å². The Kier molecular flexibility index (Phi) is 2.98. The molecule has 1 atom stereocenters. The van der Waals surface area contributed by atoms with E-state index in [-0.39, 0.29) is 11.3 Å². The highest BCUT2D eigenvalue weighted by Crippen LogP contribution is 2.27. The van der Waals surface area contributed by atoms with Gasteiger partial charge in [0.1, 0.15) is 0 Å². The molecule has 14 heavy (non-hydrogen) atoms. The summed E-state index contributed by atoms with van der Waals surface area (Å²) in [5.74, 6) is 0.227. The molecule has 2 rings (SSSR count). The second-order valence-electron chi connectivity index (χ2n) is 4.42. The number of hydrogen-bond donors (Lipinski definition) is 1. The Morgan fingerprint density at radius 3 is 2.43 bits per heavy atom. The summed E-state index contributed by atoms with van der Waals surface area (Å²) >= 11 is 5.96. The van der Waals surface area contributed by atoms with Crippen LogP contribution < -0.4 is 5.73 Å². The lowest BCUT2D eigenvalue weighted by molar-refractivity contribution is -0.130. The standard InChI is InChI=1S/C10H17ClN2O/c11-7-5-10(14)13(6-7)9-3-1-8(12)2-4-9/h7-9H,1-6,12H2. The smallest absolute Gasteiger partial charge is 0.224 e. The molecule has 2 N–H and O–H groups in total. The van der Waals surface area contributed by atoms with Gasteiger partial charge in [0.15, 0.2) is 0 Å². The SMILES string of the molecule is NC1CCC(N2CC(Cl)CC2=O)CC1. The minimum absolute atomic E-state index is 0.0260. The van der Waals surface area contributed by atoms with E-state index in [9.17, 15) is 4.79 Å². The molecule has 0 radical (unpaired) electrons. The third kappa shape index (κ3) is 2.04. The van der Waals surface area contributed by atoms with E-state index in [0.29, 0.717) is 18.5 Å².